The molecule has 22 heavy (non-hydrogen) atoms. The molecule has 1 aromatic carbocycles. The number of benzene rings is 1. The second kappa shape index (κ2) is 6.46. The lowest BCUT2D eigenvalue weighted by Gasteiger charge is -2.35. The van der Waals surface area contributed by atoms with Crippen LogP contribution < -0.4 is 4.90 Å². The fourth-order valence-corrected chi connectivity index (χ4v) is 4.17. The molecular weight excluding hydrogens is 298 g/mol. The number of hydrogen-bond acceptors (Lipinski definition) is 4. The summed E-state index contributed by atoms with van der Waals surface area (Å²) in [5, 5.41) is 0. The van der Waals surface area contributed by atoms with Crippen LogP contribution in [0.2, 0.25) is 0 Å². The summed E-state index contributed by atoms with van der Waals surface area (Å²) in [4.78, 5) is 6.20. The molecule has 0 bridgehead atoms. The summed E-state index contributed by atoms with van der Waals surface area (Å²) >= 11 is 0. The van der Waals surface area contributed by atoms with Gasteiger partial charge in [-0.1, -0.05) is 30.3 Å². The standard InChI is InChI=1S/C16H19N3O2S/c20-22(21,14-15-4-2-1-3-5-15)19-12-10-18(11-13-19)16-6-8-17-9-7-16/h1-9H,10-14H2. The SMILES string of the molecule is O=S(=O)(Cc1ccccc1)N1CCN(c2ccncc2)CC1. The molecule has 1 aliphatic rings. The zero-order valence-electron chi connectivity index (χ0n) is 12.3. The van der Waals surface area contributed by atoms with Gasteiger partial charge < -0.3 is 4.90 Å². The van der Waals surface area contributed by atoms with Crippen LogP contribution in [0.15, 0.2) is 54.9 Å². The number of rotatable bonds is 4. The molecule has 0 N–H and O–H groups in total. The van der Waals surface area contributed by atoms with Gasteiger partial charge in [-0.3, -0.25) is 4.98 Å². The van der Waals surface area contributed by atoms with Crippen molar-refractivity contribution in [3.63, 3.8) is 0 Å². The zero-order valence-corrected chi connectivity index (χ0v) is 13.1. The topological polar surface area (TPSA) is 53.5 Å². The number of piperazine rings is 1. The monoisotopic (exact) mass is 317 g/mol. The summed E-state index contributed by atoms with van der Waals surface area (Å²) in [5.74, 6) is 0.0725. The Balaban J connectivity index is 1.63. The van der Waals surface area contributed by atoms with Gasteiger partial charge in [-0.25, -0.2) is 8.42 Å². The number of hydrogen-bond donors (Lipinski definition) is 0. The second-order valence-corrected chi connectivity index (χ2v) is 7.30. The van der Waals surface area contributed by atoms with E-state index in [-0.39, 0.29) is 5.75 Å². The summed E-state index contributed by atoms with van der Waals surface area (Å²) in [6, 6.07) is 13.2. The van der Waals surface area contributed by atoms with Crippen molar-refractivity contribution in [3.05, 3.63) is 60.4 Å². The van der Waals surface area contributed by atoms with Crippen molar-refractivity contribution in [1.82, 2.24) is 9.29 Å². The van der Waals surface area contributed by atoms with Crippen LogP contribution in [0, 0.1) is 0 Å². The van der Waals surface area contributed by atoms with Crippen LogP contribution in [0.1, 0.15) is 5.56 Å². The smallest absolute Gasteiger partial charge is 0.218 e. The lowest BCUT2D eigenvalue weighted by Crippen LogP contribution is -2.49. The highest BCUT2D eigenvalue weighted by molar-refractivity contribution is 7.88. The Labute approximate surface area is 131 Å². The first-order valence-electron chi connectivity index (χ1n) is 7.32. The molecule has 116 valence electrons. The van der Waals surface area contributed by atoms with Gasteiger partial charge >= 0.3 is 0 Å². The lowest BCUT2D eigenvalue weighted by atomic mass is 10.2. The van der Waals surface area contributed by atoms with Gasteiger partial charge in [0.15, 0.2) is 0 Å². The quantitative estimate of drug-likeness (QED) is 0.862. The minimum Gasteiger partial charge on any atom is -0.369 e. The van der Waals surface area contributed by atoms with E-state index in [9.17, 15) is 8.42 Å². The van der Waals surface area contributed by atoms with E-state index in [1.807, 2.05) is 42.5 Å². The van der Waals surface area contributed by atoms with Crippen molar-refractivity contribution in [1.29, 1.82) is 0 Å². The predicted octanol–water partition coefficient (Wildman–Crippen LogP) is 1.73. The Morgan fingerprint density at radius 3 is 2.18 bits per heavy atom. The molecule has 2 heterocycles. The molecule has 3 rings (SSSR count). The molecule has 0 spiro atoms. The Hall–Kier alpha value is -1.92. The van der Waals surface area contributed by atoms with Crippen molar-refractivity contribution < 1.29 is 8.42 Å². The van der Waals surface area contributed by atoms with Crippen LogP contribution in [0.4, 0.5) is 5.69 Å². The number of sulfonamides is 1. The minimum atomic E-state index is -3.25. The van der Waals surface area contributed by atoms with Gasteiger partial charge in [-0.15, -0.1) is 0 Å². The number of anilines is 1. The van der Waals surface area contributed by atoms with Crippen molar-refractivity contribution >= 4 is 15.7 Å². The largest absolute Gasteiger partial charge is 0.369 e. The third-order valence-electron chi connectivity index (χ3n) is 3.85. The minimum absolute atomic E-state index is 0.0725. The maximum atomic E-state index is 12.5. The highest BCUT2D eigenvalue weighted by Gasteiger charge is 2.27. The Morgan fingerprint density at radius 1 is 0.909 bits per heavy atom. The summed E-state index contributed by atoms with van der Waals surface area (Å²) in [6.45, 7) is 2.46. The van der Waals surface area contributed by atoms with E-state index in [1.54, 1.807) is 16.7 Å². The van der Waals surface area contributed by atoms with E-state index < -0.39 is 10.0 Å². The highest BCUT2D eigenvalue weighted by Crippen LogP contribution is 2.18. The average molecular weight is 317 g/mol. The lowest BCUT2D eigenvalue weighted by molar-refractivity contribution is 0.384. The van der Waals surface area contributed by atoms with Crippen molar-refractivity contribution in [2.24, 2.45) is 0 Å². The van der Waals surface area contributed by atoms with Gasteiger partial charge in [0.2, 0.25) is 10.0 Å². The Bertz CT molecular complexity index is 697. The van der Waals surface area contributed by atoms with Gasteiger partial charge in [-0.2, -0.15) is 4.31 Å². The Kier molecular flexibility index (Phi) is 4.40. The van der Waals surface area contributed by atoms with E-state index in [0.717, 1.165) is 11.3 Å². The van der Waals surface area contributed by atoms with Gasteiger partial charge in [0, 0.05) is 44.3 Å². The van der Waals surface area contributed by atoms with Crippen molar-refractivity contribution in [3.8, 4) is 0 Å². The van der Waals surface area contributed by atoms with Crippen molar-refractivity contribution in [2.45, 2.75) is 5.75 Å². The highest BCUT2D eigenvalue weighted by atomic mass is 32.2. The molecule has 5 nitrogen and oxygen atoms in total. The van der Waals surface area contributed by atoms with E-state index >= 15 is 0 Å². The summed E-state index contributed by atoms with van der Waals surface area (Å²) in [7, 11) is -3.25. The number of nitrogens with zero attached hydrogens (tertiary/aromatic N) is 3. The molecule has 0 atom stereocenters. The molecule has 0 radical (unpaired) electrons. The summed E-state index contributed by atoms with van der Waals surface area (Å²) in [6.07, 6.45) is 3.52. The first-order valence-corrected chi connectivity index (χ1v) is 8.93. The van der Waals surface area contributed by atoms with Crippen LogP contribution in [-0.2, 0) is 15.8 Å². The molecule has 1 aromatic heterocycles. The molecule has 0 saturated carbocycles. The molecule has 1 aliphatic heterocycles. The van der Waals surface area contributed by atoms with Gasteiger partial charge in [-0.05, 0) is 17.7 Å². The van der Waals surface area contributed by atoms with E-state index in [2.05, 4.69) is 9.88 Å². The molecular formula is C16H19N3O2S. The third kappa shape index (κ3) is 3.45. The first-order chi connectivity index (χ1) is 10.6. The molecule has 1 saturated heterocycles. The Morgan fingerprint density at radius 2 is 1.55 bits per heavy atom. The van der Waals surface area contributed by atoms with Crippen LogP contribution in [-0.4, -0.2) is 43.9 Å². The maximum absolute atomic E-state index is 12.5. The predicted molar refractivity (Wildman–Crippen MR) is 87.1 cm³/mol. The fourth-order valence-electron chi connectivity index (χ4n) is 2.66. The van der Waals surface area contributed by atoms with E-state index in [1.165, 1.54) is 0 Å². The number of aromatic nitrogens is 1. The molecule has 0 amide bonds. The van der Waals surface area contributed by atoms with Gasteiger partial charge in [0.05, 0.1) is 5.75 Å². The van der Waals surface area contributed by atoms with Crippen molar-refractivity contribution in [2.75, 3.05) is 31.1 Å². The second-order valence-electron chi connectivity index (χ2n) is 5.33. The van der Waals surface area contributed by atoms with Crippen LogP contribution >= 0.6 is 0 Å². The molecule has 2 aromatic rings. The van der Waals surface area contributed by atoms with Crippen LogP contribution in [0.3, 0.4) is 0 Å². The maximum Gasteiger partial charge on any atom is 0.218 e. The summed E-state index contributed by atoms with van der Waals surface area (Å²) < 4.78 is 26.6. The zero-order chi connectivity index (χ0) is 15.4. The average Bonchev–Trinajstić information content (AvgIpc) is 2.56. The molecule has 0 unspecified atom stereocenters. The van der Waals surface area contributed by atoms with Crippen LogP contribution in [0.25, 0.3) is 0 Å². The fraction of sp³-hybridized carbons (Fsp3) is 0.312. The van der Waals surface area contributed by atoms with Gasteiger partial charge in [0.25, 0.3) is 0 Å². The number of pyridine rings is 1. The normalized spacial score (nSPS) is 16.6. The van der Waals surface area contributed by atoms with E-state index in [4.69, 9.17) is 0 Å². The third-order valence-corrected chi connectivity index (χ3v) is 5.70. The van der Waals surface area contributed by atoms with Gasteiger partial charge in [0.1, 0.15) is 0 Å². The van der Waals surface area contributed by atoms with Crippen LogP contribution in [0.5, 0.6) is 0 Å². The molecule has 1 fully saturated rings. The molecule has 6 heteroatoms. The first kappa shape index (κ1) is 15.0. The summed E-state index contributed by atoms with van der Waals surface area (Å²) in [5.41, 5.74) is 1.93. The molecule has 0 aliphatic carbocycles. The van der Waals surface area contributed by atoms with E-state index in [0.29, 0.717) is 26.2 Å².